The zero-order chi connectivity index (χ0) is 15.6. The summed E-state index contributed by atoms with van der Waals surface area (Å²) >= 11 is 1.54. The van der Waals surface area contributed by atoms with Gasteiger partial charge in [0.25, 0.3) is 0 Å². The van der Waals surface area contributed by atoms with Crippen molar-refractivity contribution in [1.82, 2.24) is 9.29 Å². The number of nitrogens with zero attached hydrogens (tertiary/aromatic N) is 2. The van der Waals surface area contributed by atoms with Gasteiger partial charge in [0.05, 0.1) is 11.8 Å². The van der Waals surface area contributed by atoms with Crippen molar-refractivity contribution in [3.8, 4) is 0 Å². The first kappa shape index (κ1) is 15.6. The molecule has 22 heavy (non-hydrogen) atoms. The van der Waals surface area contributed by atoms with Crippen LogP contribution in [0.4, 0.5) is 0 Å². The summed E-state index contributed by atoms with van der Waals surface area (Å²) in [5, 5.41) is 2.82. The van der Waals surface area contributed by atoms with E-state index in [0.717, 1.165) is 35.4 Å². The lowest BCUT2D eigenvalue weighted by Crippen LogP contribution is -2.39. The first-order valence-corrected chi connectivity index (χ1v) is 10.0. The van der Waals surface area contributed by atoms with Crippen molar-refractivity contribution in [3.05, 3.63) is 52.0 Å². The van der Waals surface area contributed by atoms with Crippen LogP contribution in [-0.4, -0.2) is 24.3 Å². The third-order valence-electron chi connectivity index (χ3n) is 4.15. The summed E-state index contributed by atoms with van der Waals surface area (Å²) in [6.45, 7) is 2.55. The molecule has 0 unspecified atom stereocenters. The second-order valence-corrected chi connectivity index (χ2v) is 8.52. The van der Waals surface area contributed by atoms with Gasteiger partial charge in [0, 0.05) is 18.1 Å². The summed E-state index contributed by atoms with van der Waals surface area (Å²) in [5.41, 5.74) is 1.90. The second kappa shape index (κ2) is 6.48. The highest BCUT2D eigenvalue weighted by Gasteiger charge is 2.34. The molecule has 0 amide bonds. The summed E-state index contributed by atoms with van der Waals surface area (Å²) in [7, 11) is -3.33. The lowest BCUT2D eigenvalue weighted by atomic mass is 10.1. The normalized spacial score (nSPS) is 20.1. The Morgan fingerprint density at radius 2 is 2.14 bits per heavy atom. The van der Waals surface area contributed by atoms with E-state index in [-0.39, 0.29) is 11.8 Å². The zero-order valence-corrected chi connectivity index (χ0v) is 14.2. The van der Waals surface area contributed by atoms with Crippen LogP contribution in [0.25, 0.3) is 0 Å². The number of aryl methyl sites for hydroxylation is 1. The third-order valence-corrected chi connectivity index (χ3v) is 6.85. The average molecular weight is 336 g/mol. The smallest absolute Gasteiger partial charge is 0.218 e. The highest BCUT2D eigenvalue weighted by Crippen LogP contribution is 2.35. The maximum absolute atomic E-state index is 12.9. The molecule has 0 saturated carbocycles. The number of hydrogen-bond acceptors (Lipinski definition) is 4. The molecule has 0 spiro atoms. The molecule has 0 bridgehead atoms. The maximum atomic E-state index is 12.9. The Balaban J connectivity index is 1.88. The van der Waals surface area contributed by atoms with E-state index >= 15 is 0 Å². The van der Waals surface area contributed by atoms with Crippen LogP contribution in [0.5, 0.6) is 0 Å². The van der Waals surface area contributed by atoms with Gasteiger partial charge < -0.3 is 0 Å². The molecule has 118 valence electrons. The van der Waals surface area contributed by atoms with E-state index in [1.165, 1.54) is 0 Å². The first-order chi connectivity index (χ1) is 10.6. The monoisotopic (exact) mass is 336 g/mol. The number of hydrogen-bond donors (Lipinski definition) is 0. The first-order valence-electron chi connectivity index (χ1n) is 7.51. The Bertz CT molecular complexity index is 726. The minimum atomic E-state index is -3.33. The van der Waals surface area contributed by atoms with E-state index in [1.54, 1.807) is 21.8 Å². The molecule has 4 nitrogen and oxygen atoms in total. The number of thiazole rings is 1. The van der Waals surface area contributed by atoms with Crippen molar-refractivity contribution >= 4 is 21.4 Å². The highest BCUT2D eigenvalue weighted by atomic mass is 32.2. The van der Waals surface area contributed by atoms with Gasteiger partial charge in [-0.05, 0) is 30.9 Å². The van der Waals surface area contributed by atoms with Gasteiger partial charge in [-0.3, -0.25) is 0 Å². The molecule has 1 atom stereocenters. The number of sulfonamides is 1. The van der Waals surface area contributed by atoms with Crippen molar-refractivity contribution in [2.24, 2.45) is 0 Å². The van der Waals surface area contributed by atoms with Crippen molar-refractivity contribution in [3.63, 3.8) is 0 Å². The molecular weight excluding hydrogens is 316 g/mol. The fraction of sp³-hybridized carbons (Fsp3) is 0.438. The lowest BCUT2D eigenvalue weighted by molar-refractivity contribution is 0.255. The van der Waals surface area contributed by atoms with E-state index in [0.29, 0.717) is 6.54 Å². The summed E-state index contributed by atoms with van der Waals surface area (Å²) in [5.74, 6) is 0.0710. The van der Waals surface area contributed by atoms with Crippen molar-refractivity contribution in [2.45, 2.75) is 38.0 Å². The number of piperidine rings is 1. The van der Waals surface area contributed by atoms with Gasteiger partial charge in [0.15, 0.2) is 0 Å². The largest absolute Gasteiger partial charge is 0.248 e. The third kappa shape index (κ3) is 3.24. The number of rotatable bonds is 4. The maximum Gasteiger partial charge on any atom is 0.218 e. The predicted octanol–water partition coefficient (Wildman–Crippen LogP) is 3.51. The van der Waals surface area contributed by atoms with Crippen LogP contribution < -0.4 is 0 Å². The molecule has 6 heteroatoms. The molecule has 1 aromatic carbocycles. The van der Waals surface area contributed by atoms with Crippen molar-refractivity contribution < 1.29 is 8.42 Å². The van der Waals surface area contributed by atoms with Crippen LogP contribution in [-0.2, 0) is 15.8 Å². The van der Waals surface area contributed by atoms with Crippen LogP contribution in [0, 0.1) is 6.92 Å². The molecule has 1 aliphatic heterocycles. The standard InChI is InChI=1S/C16H20N2O2S2/c1-13-6-2-3-7-14(13)12-22(19,20)18-10-5-4-8-15(18)16-17-9-11-21-16/h2-3,6-7,9,11,15H,4-5,8,10,12H2,1H3/t15-/m0/s1. The number of benzene rings is 1. The van der Waals surface area contributed by atoms with Crippen LogP contribution in [0.1, 0.15) is 41.4 Å². The van der Waals surface area contributed by atoms with Gasteiger partial charge in [0.1, 0.15) is 5.01 Å². The van der Waals surface area contributed by atoms with Gasteiger partial charge in [-0.1, -0.05) is 30.7 Å². The van der Waals surface area contributed by atoms with Crippen LogP contribution >= 0.6 is 11.3 Å². The summed E-state index contributed by atoms with van der Waals surface area (Å²) in [4.78, 5) is 4.34. The van der Waals surface area contributed by atoms with E-state index in [2.05, 4.69) is 4.98 Å². The topological polar surface area (TPSA) is 50.3 Å². The van der Waals surface area contributed by atoms with E-state index in [9.17, 15) is 8.42 Å². The Morgan fingerprint density at radius 1 is 1.32 bits per heavy atom. The minimum Gasteiger partial charge on any atom is -0.248 e. The second-order valence-electron chi connectivity index (χ2n) is 5.68. The molecule has 1 aromatic heterocycles. The molecule has 1 fully saturated rings. The van der Waals surface area contributed by atoms with Gasteiger partial charge in [-0.2, -0.15) is 4.31 Å². The van der Waals surface area contributed by atoms with Gasteiger partial charge in [-0.15, -0.1) is 11.3 Å². The molecular formula is C16H20N2O2S2. The number of aromatic nitrogens is 1. The lowest BCUT2D eigenvalue weighted by Gasteiger charge is -2.33. The summed E-state index contributed by atoms with van der Waals surface area (Å²) < 4.78 is 27.5. The fourth-order valence-corrected chi connectivity index (χ4v) is 5.67. The molecule has 2 aromatic rings. The SMILES string of the molecule is Cc1ccccc1CS(=O)(=O)N1CCCC[C@H]1c1nccs1. The minimum absolute atomic E-state index is 0.0710. The quantitative estimate of drug-likeness (QED) is 0.858. The zero-order valence-electron chi connectivity index (χ0n) is 12.6. The van der Waals surface area contributed by atoms with Crippen LogP contribution in [0.3, 0.4) is 0 Å². The Hall–Kier alpha value is -1.24. The Labute approximate surface area is 135 Å². The molecule has 0 aliphatic carbocycles. The van der Waals surface area contributed by atoms with Crippen molar-refractivity contribution in [1.29, 1.82) is 0 Å². The molecule has 2 heterocycles. The molecule has 1 saturated heterocycles. The average Bonchev–Trinajstić information content (AvgIpc) is 3.04. The van der Waals surface area contributed by atoms with Gasteiger partial charge in [-0.25, -0.2) is 13.4 Å². The predicted molar refractivity (Wildman–Crippen MR) is 89.2 cm³/mol. The van der Waals surface area contributed by atoms with E-state index in [1.807, 2.05) is 36.6 Å². The van der Waals surface area contributed by atoms with Gasteiger partial charge in [0.2, 0.25) is 10.0 Å². The molecule has 3 rings (SSSR count). The highest BCUT2D eigenvalue weighted by molar-refractivity contribution is 7.88. The summed E-state index contributed by atoms with van der Waals surface area (Å²) in [6.07, 6.45) is 4.59. The molecule has 0 N–H and O–H groups in total. The van der Waals surface area contributed by atoms with E-state index < -0.39 is 10.0 Å². The molecule has 0 radical (unpaired) electrons. The van der Waals surface area contributed by atoms with Crippen molar-refractivity contribution in [2.75, 3.05) is 6.54 Å². The van der Waals surface area contributed by atoms with E-state index in [4.69, 9.17) is 0 Å². The summed E-state index contributed by atoms with van der Waals surface area (Å²) in [6, 6.07) is 7.59. The fourth-order valence-electron chi connectivity index (χ4n) is 2.94. The molecule has 1 aliphatic rings. The van der Waals surface area contributed by atoms with Crippen LogP contribution in [0.15, 0.2) is 35.8 Å². The van der Waals surface area contributed by atoms with Gasteiger partial charge >= 0.3 is 0 Å². The Morgan fingerprint density at radius 3 is 2.86 bits per heavy atom. The van der Waals surface area contributed by atoms with Crippen LogP contribution in [0.2, 0.25) is 0 Å². The Kier molecular flexibility index (Phi) is 4.61.